The van der Waals surface area contributed by atoms with Crippen LogP contribution in [-0.2, 0) is 13.0 Å². The molecule has 0 saturated carbocycles. The highest BCUT2D eigenvalue weighted by atomic mass is 79.9. The van der Waals surface area contributed by atoms with E-state index in [1.165, 1.54) is 23.3 Å². The van der Waals surface area contributed by atoms with Gasteiger partial charge in [-0.15, -0.1) is 0 Å². The van der Waals surface area contributed by atoms with Crippen LogP contribution in [0.2, 0.25) is 0 Å². The van der Waals surface area contributed by atoms with Crippen molar-refractivity contribution in [2.45, 2.75) is 19.4 Å². The fourth-order valence-corrected chi connectivity index (χ4v) is 3.38. The smallest absolute Gasteiger partial charge is 0.254 e. The Morgan fingerprint density at radius 3 is 2.83 bits per heavy atom. The maximum atomic E-state index is 13.7. The molecule has 0 saturated heterocycles. The number of hydrogen-bond acceptors (Lipinski definition) is 2. The summed E-state index contributed by atoms with van der Waals surface area (Å²) in [5.41, 5.74) is 2.91. The predicted molar refractivity (Wildman–Crippen MR) is 96.5 cm³/mol. The van der Waals surface area contributed by atoms with Gasteiger partial charge in [0, 0.05) is 30.7 Å². The molecule has 0 bridgehead atoms. The second-order valence-electron chi connectivity index (χ2n) is 6.03. The van der Waals surface area contributed by atoms with Crippen LogP contribution in [0.15, 0.2) is 46.9 Å². The second-order valence-corrected chi connectivity index (χ2v) is 6.94. The molecule has 2 aromatic carbocycles. The third-order valence-corrected chi connectivity index (χ3v) is 4.81. The normalized spacial score (nSPS) is 14.2. The van der Waals surface area contributed by atoms with E-state index in [0.717, 1.165) is 32.5 Å². The number of amides is 1. The molecule has 0 spiro atoms. The minimum atomic E-state index is -0.497. The number of nitrogens with zero attached hydrogens (tertiary/aromatic N) is 1. The first-order valence-corrected chi connectivity index (χ1v) is 8.95. The van der Waals surface area contributed by atoms with Crippen LogP contribution in [-0.4, -0.2) is 30.4 Å². The molecule has 0 atom stereocenters. The quantitative estimate of drug-likeness (QED) is 0.788. The highest BCUT2D eigenvalue weighted by Gasteiger charge is 2.15. The molecule has 126 valence electrons. The van der Waals surface area contributed by atoms with Crippen molar-refractivity contribution in [3.05, 3.63) is 69.4 Å². The summed E-state index contributed by atoms with van der Waals surface area (Å²) in [5.74, 6) is -0.860. The Balaban J connectivity index is 1.44. The third-order valence-electron chi connectivity index (χ3n) is 4.32. The molecule has 0 aromatic heterocycles. The van der Waals surface area contributed by atoms with Crippen LogP contribution in [0.4, 0.5) is 4.39 Å². The van der Waals surface area contributed by atoms with Crippen LogP contribution in [0.3, 0.4) is 0 Å². The Morgan fingerprint density at radius 1 is 1.21 bits per heavy atom. The number of carbonyl (C=O) groups is 1. The Hall–Kier alpha value is -1.72. The van der Waals surface area contributed by atoms with Gasteiger partial charge in [-0.25, -0.2) is 4.39 Å². The molecule has 1 aliphatic heterocycles. The molecule has 1 amide bonds. The monoisotopic (exact) mass is 390 g/mol. The second kappa shape index (κ2) is 7.90. The number of benzene rings is 2. The maximum Gasteiger partial charge on any atom is 0.254 e. The molecule has 1 heterocycles. The summed E-state index contributed by atoms with van der Waals surface area (Å²) in [5, 5.41) is 2.80. The van der Waals surface area contributed by atoms with Gasteiger partial charge in [-0.2, -0.15) is 0 Å². The zero-order chi connectivity index (χ0) is 16.9. The van der Waals surface area contributed by atoms with Gasteiger partial charge in [-0.3, -0.25) is 9.69 Å². The average Bonchev–Trinajstić information content (AvgIpc) is 2.60. The maximum absolute atomic E-state index is 13.7. The van der Waals surface area contributed by atoms with E-state index < -0.39 is 5.82 Å². The SMILES string of the molecule is O=C(NCCCN1CCc2ccccc2C1)c1cc(Br)ccc1F. The van der Waals surface area contributed by atoms with Gasteiger partial charge < -0.3 is 5.32 Å². The molecule has 0 radical (unpaired) electrons. The minimum absolute atomic E-state index is 0.0799. The van der Waals surface area contributed by atoms with Crippen LogP contribution >= 0.6 is 15.9 Å². The highest BCUT2D eigenvalue weighted by molar-refractivity contribution is 9.10. The Morgan fingerprint density at radius 2 is 2.00 bits per heavy atom. The molecular formula is C19H20BrFN2O. The molecule has 24 heavy (non-hydrogen) atoms. The lowest BCUT2D eigenvalue weighted by Crippen LogP contribution is -2.33. The van der Waals surface area contributed by atoms with Gasteiger partial charge in [0.25, 0.3) is 5.91 Å². The first kappa shape index (κ1) is 17.1. The van der Waals surface area contributed by atoms with Gasteiger partial charge in [0.05, 0.1) is 5.56 Å². The van der Waals surface area contributed by atoms with E-state index in [9.17, 15) is 9.18 Å². The van der Waals surface area contributed by atoms with E-state index in [0.29, 0.717) is 11.0 Å². The summed E-state index contributed by atoms with van der Waals surface area (Å²) in [6, 6.07) is 12.9. The van der Waals surface area contributed by atoms with Crippen molar-refractivity contribution in [1.29, 1.82) is 0 Å². The number of carbonyl (C=O) groups excluding carboxylic acids is 1. The van der Waals surface area contributed by atoms with Crippen LogP contribution in [0.1, 0.15) is 27.9 Å². The lowest BCUT2D eigenvalue weighted by molar-refractivity contribution is 0.0947. The topological polar surface area (TPSA) is 32.3 Å². The van der Waals surface area contributed by atoms with Crippen molar-refractivity contribution in [2.75, 3.05) is 19.6 Å². The first-order chi connectivity index (χ1) is 11.6. The summed E-state index contributed by atoms with van der Waals surface area (Å²) in [7, 11) is 0. The first-order valence-electron chi connectivity index (χ1n) is 8.16. The van der Waals surface area contributed by atoms with Gasteiger partial charge >= 0.3 is 0 Å². The van der Waals surface area contributed by atoms with Crippen molar-refractivity contribution in [3.63, 3.8) is 0 Å². The van der Waals surface area contributed by atoms with E-state index in [4.69, 9.17) is 0 Å². The van der Waals surface area contributed by atoms with E-state index in [1.54, 1.807) is 6.07 Å². The summed E-state index contributed by atoms with van der Waals surface area (Å²) >= 11 is 3.26. The zero-order valence-corrected chi connectivity index (χ0v) is 15.0. The number of nitrogens with one attached hydrogen (secondary N) is 1. The van der Waals surface area contributed by atoms with Crippen molar-refractivity contribution < 1.29 is 9.18 Å². The highest BCUT2D eigenvalue weighted by Crippen LogP contribution is 2.18. The zero-order valence-electron chi connectivity index (χ0n) is 13.4. The molecule has 0 fully saturated rings. The third kappa shape index (κ3) is 4.22. The fourth-order valence-electron chi connectivity index (χ4n) is 3.02. The lowest BCUT2D eigenvalue weighted by atomic mass is 10.00. The van der Waals surface area contributed by atoms with Crippen LogP contribution in [0.25, 0.3) is 0 Å². The van der Waals surface area contributed by atoms with Gasteiger partial charge in [-0.1, -0.05) is 40.2 Å². The Labute approximate surface area is 150 Å². The summed E-state index contributed by atoms with van der Waals surface area (Å²) in [4.78, 5) is 14.4. The van der Waals surface area contributed by atoms with Gasteiger partial charge in [0.15, 0.2) is 0 Å². The number of hydrogen-bond donors (Lipinski definition) is 1. The molecule has 0 unspecified atom stereocenters. The van der Waals surface area contributed by atoms with Crippen molar-refractivity contribution in [3.8, 4) is 0 Å². The van der Waals surface area contributed by atoms with Crippen LogP contribution in [0, 0.1) is 5.82 Å². The standard InChI is InChI=1S/C19H20BrFN2O/c20-16-6-7-18(21)17(12-16)19(24)22-9-3-10-23-11-8-14-4-1-2-5-15(14)13-23/h1-2,4-7,12H,3,8-11,13H2,(H,22,24). The molecule has 2 aromatic rings. The Bertz CT molecular complexity index is 735. The minimum Gasteiger partial charge on any atom is -0.352 e. The van der Waals surface area contributed by atoms with E-state index in [2.05, 4.69) is 50.4 Å². The number of fused-ring (bicyclic) bond motifs is 1. The summed E-state index contributed by atoms with van der Waals surface area (Å²) < 4.78 is 14.4. The molecule has 5 heteroatoms. The molecule has 0 aliphatic carbocycles. The van der Waals surface area contributed by atoms with Gasteiger partial charge in [0.1, 0.15) is 5.82 Å². The van der Waals surface area contributed by atoms with Crippen molar-refractivity contribution >= 4 is 21.8 Å². The average molecular weight is 391 g/mol. The molecule has 3 nitrogen and oxygen atoms in total. The molecular weight excluding hydrogens is 371 g/mol. The van der Waals surface area contributed by atoms with Crippen LogP contribution in [0.5, 0.6) is 0 Å². The molecule has 1 aliphatic rings. The molecule has 3 rings (SSSR count). The van der Waals surface area contributed by atoms with Crippen molar-refractivity contribution in [2.24, 2.45) is 0 Å². The van der Waals surface area contributed by atoms with Crippen molar-refractivity contribution in [1.82, 2.24) is 10.2 Å². The Kier molecular flexibility index (Phi) is 5.63. The van der Waals surface area contributed by atoms with Crippen LogP contribution < -0.4 is 5.32 Å². The number of halogens is 2. The van der Waals surface area contributed by atoms with E-state index in [-0.39, 0.29) is 11.5 Å². The lowest BCUT2D eigenvalue weighted by Gasteiger charge is -2.28. The van der Waals surface area contributed by atoms with Gasteiger partial charge in [-0.05, 0) is 42.2 Å². The van der Waals surface area contributed by atoms with E-state index >= 15 is 0 Å². The van der Waals surface area contributed by atoms with Gasteiger partial charge in [0.2, 0.25) is 0 Å². The number of rotatable bonds is 5. The van der Waals surface area contributed by atoms with E-state index in [1.807, 2.05) is 0 Å². The molecule has 1 N–H and O–H groups in total. The predicted octanol–water partition coefficient (Wildman–Crippen LogP) is 3.77. The summed E-state index contributed by atoms with van der Waals surface area (Å²) in [6.07, 6.45) is 1.93. The summed E-state index contributed by atoms with van der Waals surface area (Å²) in [6.45, 7) is 3.48. The fraction of sp³-hybridized carbons (Fsp3) is 0.316. The largest absolute Gasteiger partial charge is 0.352 e.